The molecule has 1 fully saturated rings. The number of benzene rings is 2. The third-order valence-electron chi connectivity index (χ3n) is 5.61. The van der Waals surface area contributed by atoms with E-state index in [0.29, 0.717) is 23.8 Å². The fourth-order valence-electron chi connectivity index (χ4n) is 4.07. The van der Waals surface area contributed by atoms with E-state index in [1.165, 1.54) is 44.1 Å². The van der Waals surface area contributed by atoms with Gasteiger partial charge in [0.25, 0.3) is 0 Å². The molecule has 3 nitrogen and oxygen atoms in total. The second kappa shape index (κ2) is 9.70. The molecule has 0 unspecified atom stereocenters. The van der Waals surface area contributed by atoms with E-state index in [1.54, 1.807) is 19.2 Å². The Bertz CT molecular complexity index is 710. The SMILES string of the molecule is CCC[C@H]1CC[C@H](c2ccc(C(=O)Oc3ccc(COC)cc3)cc2)CC1. The molecule has 2 aromatic rings. The third-order valence-corrected chi connectivity index (χ3v) is 5.61. The maximum Gasteiger partial charge on any atom is 0.343 e. The molecule has 2 aromatic carbocycles. The van der Waals surface area contributed by atoms with Crippen LogP contribution in [0.3, 0.4) is 0 Å². The second-order valence-electron chi connectivity index (χ2n) is 7.59. The molecule has 0 spiro atoms. The van der Waals surface area contributed by atoms with Crippen LogP contribution in [0.2, 0.25) is 0 Å². The lowest BCUT2D eigenvalue weighted by molar-refractivity contribution is 0.0734. The average Bonchev–Trinajstić information content (AvgIpc) is 2.71. The van der Waals surface area contributed by atoms with Crippen LogP contribution in [0.25, 0.3) is 0 Å². The van der Waals surface area contributed by atoms with Gasteiger partial charge in [0.1, 0.15) is 5.75 Å². The first-order valence-corrected chi connectivity index (χ1v) is 10.1. The van der Waals surface area contributed by atoms with Crippen LogP contribution < -0.4 is 4.74 Å². The van der Waals surface area contributed by atoms with E-state index in [4.69, 9.17) is 9.47 Å². The van der Waals surface area contributed by atoms with Crippen LogP contribution in [0, 0.1) is 5.92 Å². The van der Waals surface area contributed by atoms with Gasteiger partial charge in [-0.3, -0.25) is 0 Å². The number of carbonyl (C=O) groups is 1. The molecule has 0 amide bonds. The standard InChI is InChI=1S/C24H30O3/c1-3-4-18-5-9-20(10-6-18)21-11-13-22(14-12-21)24(25)27-23-15-7-19(8-16-23)17-26-2/h7-8,11-16,18,20H,3-6,9-10,17H2,1-2H3/t18-,20-. The summed E-state index contributed by atoms with van der Waals surface area (Å²) in [5.74, 6) is 1.79. The van der Waals surface area contributed by atoms with Crippen molar-refractivity contribution in [2.24, 2.45) is 5.92 Å². The molecule has 0 bridgehead atoms. The molecule has 1 aliphatic carbocycles. The first kappa shape index (κ1) is 19.6. The molecule has 1 saturated carbocycles. The van der Waals surface area contributed by atoms with Crippen LogP contribution in [0.1, 0.15) is 72.9 Å². The van der Waals surface area contributed by atoms with Gasteiger partial charge in [0.05, 0.1) is 12.2 Å². The van der Waals surface area contributed by atoms with Crippen molar-refractivity contribution in [3.63, 3.8) is 0 Å². The maximum atomic E-state index is 12.4. The minimum absolute atomic E-state index is 0.312. The number of ether oxygens (including phenoxy) is 2. The zero-order chi connectivity index (χ0) is 19.1. The Morgan fingerprint density at radius 3 is 2.22 bits per heavy atom. The molecule has 0 heterocycles. The normalized spacial score (nSPS) is 19.6. The van der Waals surface area contributed by atoms with Gasteiger partial charge in [-0.05, 0) is 72.9 Å². The summed E-state index contributed by atoms with van der Waals surface area (Å²) in [5, 5.41) is 0. The molecular formula is C24H30O3. The Labute approximate surface area is 162 Å². The van der Waals surface area contributed by atoms with E-state index in [-0.39, 0.29) is 5.97 Å². The zero-order valence-electron chi connectivity index (χ0n) is 16.4. The monoisotopic (exact) mass is 366 g/mol. The lowest BCUT2D eigenvalue weighted by Crippen LogP contribution is -2.13. The van der Waals surface area contributed by atoms with Gasteiger partial charge < -0.3 is 9.47 Å². The molecular weight excluding hydrogens is 336 g/mol. The van der Waals surface area contributed by atoms with Gasteiger partial charge in [-0.1, -0.05) is 44.0 Å². The summed E-state index contributed by atoms with van der Waals surface area (Å²) < 4.78 is 10.6. The predicted octanol–water partition coefficient (Wildman–Crippen LogP) is 6.13. The van der Waals surface area contributed by atoms with E-state index in [0.717, 1.165) is 11.5 Å². The Balaban J connectivity index is 1.56. The van der Waals surface area contributed by atoms with Crippen LogP contribution in [0.4, 0.5) is 0 Å². The van der Waals surface area contributed by atoms with Crippen LogP contribution in [0.5, 0.6) is 5.75 Å². The Morgan fingerprint density at radius 2 is 1.63 bits per heavy atom. The van der Waals surface area contributed by atoms with Gasteiger partial charge in [-0.25, -0.2) is 4.79 Å². The summed E-state index contributed by atoms with van der Waals surface area (Å²) in [5.41, 5.74) is 3.00. The molecule has 0 N–H and O–H groups in total. The van der Waals surface area contributed by atoms with Crippen LogP contribution in [-0.4, -0.2) is 13.1 Å². The number of hydrogen-bond donors (Lipinski definition) is 0. The minimum atomic E-state index is -0.312. The molecule has 0 aromatic heterocycles. The molecule has 3 heteroatoms. The molecule has 0 radical (unpaired) electrons. The highest BCUT2D eigenvalue weighted by Crippen LogP contribution is 2.37. The van der Waals surface area contributed by atoms with E-state index in [2.05, 4.69) is 19.1 Å². The molecule has 27 heavy (non-hydrogen) atoms. The lowest BCUT2D eigenvalue weighted by Gasteiger charge is -2.28. The van der Waals surface area contributed by atoms with Crippen molar-refractivity contribution in [3.05, 3.63) is 65.2 Å². The highest BCUT2D eigenvalue weighted by Gasteiger charge is 2.22. The molecule has 3 rings (SSSR count). The molecule has 0 saturated heterocycles. The van der Waals surface area contributed by atoms with Gasteiger partial charge in [0, 0.05) is 7.11 Å². The Hall–Kier alpha value is -2.13. The van der Waals surface area contributed by atoms with E-state index in [9.17, 15) is 4.79 Å². The number of carbonyl (C=O) groups excluding carboxylic acids is 1. The predicted molar refractivity (Wildman–Crippen MR) is 108 cm³/mol. The first-order valence-electron chi connectivity index (χ1n) is 10.1. The number of methoxy groups -OCH3 is 1. The summed E-state index contributed by atoms with van der Waals surface area (Å²) in [4.78, 5) is 12.4. The van der Waals surface area contributed by atoms with Crippen LogP contribution in [0.15, 0.2) is 48.5 Å². The third kappa shape index (κ3) is 5.43. The number of hydrogen-bond acceptors (Lipinski definition) is 3. The summed E-state index contributed by atoms with van der Waals surface area (Å²) in [7, 11) is 1.66. The lowest BCUT2D eigenvalue weighted by atomic mass is 9.77. The molecule has 0 atom stereocenters. The van der Waals surface area contributed by atoms with E-state index in [1.807, 2.05) is 24.3 Å². The van der Waals surface area contributed by atoms with Crippen molar-refractivity contribution in [1.82, 2.24) is 0 Å². The summed E-state index contributed by atoms with van der Waals surface area (Å²) in [6.07, 6.45) is 7.86. The molecule has 0 aliphatic heterocycles. The van der Waals surface area contributed by atoms with Gasteiger partial charge >= 0.3 is 5.97 Å². The van der Waals surface area contributed by atoms with Crippen molar-refractivity contribution < 1.29 is 14.3 Å². The maximum absolute atomic E-state index is 12.4. The van der Waals surface area contributed by atoms with Crippen molar-refractivity contribution in [3.8, 4) is 5.75 Å². The Kier molecular flexibility index (Phi) is 7.05. The summed E-state index contributed by atoms with van der Waals surface area (Å²) in [6, 6.07) is 15.4. The van der Waals surface area contributed by atoms with Crippen LogP contribution in [-0.2, 0) is 11.3 Å². The van der Waals surface area contributed by atoms with Crippen molar-refractivity contribution in [2.75, 3.05) is 7.11 Å². The largest absolute Gasteiger partial charge is 0.423 e. The van der Waals surface area contributed by atoms with Crippen LogP contribution >= 0.6 is 0 Å². The van der Waals surface area contributed by atoms with Gasteiger partial charge in [0.15, 0.2) is 0 Å². The quantitative estimate of drug-likeness (QED) is 0.437. The van der Waals surface area contributed by atoms with Crippen molar-refractivity contribution in [2.45, 2.75) is 58.0 Å². The second-order valence-corrected chi connectivity index (χ2v) is 7.59. The summed E-state index contributed by atoms with van der Waals surface area (Å²) >= 11 is 0. The molecule has 1 aliphatic rings. The highest BCUT2D eigenvalue weighted by atomic mass is 16.5. The molecule has 144 valence electrons. The highest BCUT2D eigenvalue weighted by molar-refractivity contribution is 5.91. The fourth-order valence-corrected chi connectivity index (χ4v) is 4.07. The minimum Gasteiger partial charge on any atom is -0.423 e. The van der Waals surface area contributed by atoms with E-state index >= 15 is 0 Å². The number of rotatable bonds is 7. The van der Waals surface area contributed by atoms with Crippen molar-refractivity contribution in [1.29, 1.82) is 0 Å². The Morgan fingerprint density at radius 1 is 0.963 bits per heavy atom. The fraction of sp³-hybridized carbons (Fsp3) is 0.458. The first-order chi connectivity index (χ1) is 13.2. The van der Waals surface area contributed by atoms with Crippen molar-refractivity contribution >= 4 is 5.97 Å². The topological polar surface area (TPSA) is 35.5 Å². The zero-order valence-corrected chi connectivity index (χ0v) is 16.4. The smallest absolute Gasteiger partial charge is 0.343 e. The summed E-state index contributed by atoms with van der Waals surface area (Å²) in [6.45, 7) is 2.83. The van der Waals surface area contributed by atoms with Gasteiger partial charge in [-0.15, -0.1) is 0 Å². The van der Waals surface area contributed by atoms with Gasteiger partial charge in [0.2, 0.25) is 0 Å². The van der Waals surface area contributed by atoms with Gasteiger partial charge in [-0.2, -0.15) is 0 Å². The van der Waals surface area contributed by atoms with E-state index < -0.39 is 0 Å². The average molecular weight is 367 g/mol. The number of esters is 1.